The third-order valence-corrected chi connectivity index (χ3v) is 5.75. The molecule has 1 rings (SSSR count). The Morgan fingerprint density at radius 1 is 1.38 bits per heavy atom. The molecule has 1 fully saturated rings. The predicted molar refractivity (Wildman–Crippen MR) is 64.7 cm³/mol. The van der Waals surface area contributed by atoms with Crippen LogP contribution in [0.4, 0.5) is 0 Å². The van der Waals surface area contributed by atoms with E-state index < -0.39 is 14.8 Å². The van der Waals surface area contributed by atoms with E-state index >= 15 is 0 Å². The Hall–Kier alpha value is -0.130. The maximum atomic E-state index is 12.3. The van der Waals surface area contributed by atoms with E-state index in [0.29, 0.717) is 13.0 Å². The molecule has 0 amide bonds. The Bertz CT molecular complexity index is 319. The van der Waals surface area contributed by atoms with Gasteiger partial charge in [-0.1, -0.05) is 0 Å². The van der Waals surface area contributed by atoms with Crippen molar-refractivity contribution in [3.63, 3.8) is 0 Å². The fourth-order valence-corrected chi connectivity index (χ4v) is 3.77. The van der Waals surface area contributed by atoms with Crippen LogP contribution in [0.25, 0.3) is 0 Å². The molecule has 16 heavy (non-hydrogen) atoms. The Balaban J connectivity index is 2.79. The van der Waals surface area contributed by atoms with E-state index in [1.807, 2.05) is 0 Å². The summed E-state index contributed by atoms with van der Waals surface area (Å²) in [6, 6.07) is 0.0939. The summed E-state index contributed by atoms with van der Waals surface area (Å²) in [4.78, 5) is 0. The SMILES string of the molecule is CC(C)(C)S(=O)(=O)N1CCCC1CCCO. The average molecular weight is 249 g/mol. The van der Waals surface area contributed by atoms with Crippen LogP contribution in [0.15, 0.2) is 0 Å². The topological polar surface area (TPSA) is 57.6 Å². The van der Waals surface area contributed by atoms with Crippen LogP contribution in [0.3, 0.4) is 0 Å². The molecule has 0 aliphatic carbocycles. The van der Waals surface area contributed by atoms with E-state index in [1.165, 1.54) is 0 Å². The zero-order valence-corrected chi connectivity index (χ0v) is 11.3. The summed E-state index contributed by atoms with van der Waals surface area (Å²) in [7, 11) is -3.20. The number of sulfonamides is 1. The lowest BCUT2D eigenvalue weighted by Gasteiger charge is -2.31. The molecule has 0 aromatic rings. The Kier molecular flexibility index (Phi) is 4.37. The highest BCUT2D eigenvalue weighted by Gasteiger charge is 2.40. The van der Waals surface area contributed by atoms with Crippen molar-refractivity contribution in [1.29, 1.82) is 0 Å². The number of hydrogen-bond donors (Lipinski definition) is 1. The molecule has 1 heterocycles. The maximum absolute atomic E-state index is 12.3. The van der Waals surface area contributed by atoms with Gasteiger partial charge in [-0.25, -0.2) is 8.42 Å². The summed E-state index contributed by atoms with van der Waals surface area (Å²) in [5.41, 5.74) is 0. The van der Waals surface area contributed by atoms with Gasteiger partial charge in [-0.3, -0.25) is 0 Å². The molecule has 0 saturated carbocycles. The molecule has 0 radical (unpaired) electrons. The fourth-order valence-electron chi connectivity index (χ4n) is 2.09. The van der Waals surface area contributed by atoms with Gasteiger partial charge in [0, 0.05) is 19.2 Å². The van der Waals surface area contributed by atoms with E-state index in [4.69, 9.17) is 5.11 Å². The Labute approximate surface area is 98.7 Å². The predicted octanol–water partition coefficient (Wildman–Crippen LogP) is 1.35. The van der Waals surface area contributed by atoms with Gasteiger partial charge in [-0.05, 0) is 46.5 Å². The molecule has 1 atom stereocenters. The minimum atomic E-state index is -3.20. The first-order chi connectivity index (χ1) is 7.30. The van der Waals surface area contributed by atoms with Gasteiger partial charge in [0.1, 0.15) is 0 Å². The lowest BCUT2D eigenvalue weighted by atomic mass is 10.1. The molecule has 0 spiro atoms. The molecule has 1 N–H and O–H groups in total. The van der Waals surface area contributed by atoms with Crippen LogP contribution >= 0.6 is 0 Å². The van der Waals surface area contributed by atoms with Crippen LogP contribution in [0.5, 0.6) is 0 Å². The van der Waals surface area contributed by atoms with Crippen LogP contribution in [0.2, 0.25) is 0 Å². The zero-order valence-electron chi connectivity index (χ0n) is 10.4. The van der Waals surface area contributed by atoms with Gasteiger partial charge in [0.2, 0.25) is 10.0 Å². The van der Waals surface area contributed by atoms with Crippen molar-refractivity contribution in [1.82, 2.24) is 4.31 Å². The van der Waals surface area contributed by atoms with E-state index in [-0.39, 0.29) is 12.6 Å². The van der Waals surface area contributed by atoms with Crippen molar-refractivity contribution in [3.05, 3.63) is 0 Å². The molecule has 1 unspecified atom stereocenters. The minimum Gasteiger partial charge on any atom is -0.396 e. The highest BCUT2D eigenvalue weighted by Crippen LogP contribution is 2.30. The summed E-state index contributed by atoms with van der Waals surface area (Å²) in [5.74, 6) is 0. The molecule has 5 heteroatoms. The first kappa shape index (κ1) is 13.9. The molecule has 0 bridgehead atoms. The van der Waals surface area contributed by atoms with Crippen molar-refractivity contribution in [3.8, 4) is 0 Å². The van der Waals surface area contributed by atoms with Gasteiger partial charge in [0.05, 0.1) is 4.75 Å². The van der Waals surface area contributed by atoms with Gasteiger partial charge in [0.25, 0.3) is 0 Å². The van der Waals surface area contributed by atoms with E-state index in [9.17, 15) is 8.42 Å². The van der Waals surface area contributed by atoms with E-state index in [2.05, 4.69) is 0 Å². The van der Waals surface area contributed by atoms with Gasteiger partial charge < -0.3 is 5.11 Å². The van der Waals surface area contributed by atoms with Crippen molar-refractivity contribution in [2.75, 3.05) is 13.2 Å². The Morgan fingerprint density at radius 3 is 2.50 bits per heavy atom. The number of nitrogens with zero attached hydrogens (tertiary/aromatic N) is 1. The van der Waals surface area contributed by atoms with Gasteiger partial charge >= 0.3 is 0 Å². The second kappa shape index (κ2) is 5.02. The molecular formula is C11H23NO3S. The van der Waals surface area contributed by atoms with Crippen LogP contribution in [-0.4, -0.2) is 41.8 Å². The number of hydrogen-bond acceptors (Lipinski definition) is 3. The number of aliphatic hydroxyl groups excluding tert-OH is 1. The maximum Gasteiger partial charge on any atom is 0.219 e. The van der Waals surface area contributed by atoms with Crippen molar-refractivity contribution < 1.29 is 13.5 Å². The van der Waals surface area contributed by atoms with Crippen molar-refractivity contribution in [2.45, 2.75) is 57.2 Å². The molecule has 96 valence electrons. The number of rotatable bonds is 4. The monoisotopic (exact) mass is 249 g/mol. The van der Waals surface area contributed by atoms with Crippen LogP contribution in [-0.2, 0) is 10.0 Å². The summed E-state index contributed by atoms with van der Waals surface area (Å²) >= 11 is 0. The summed E-state index contributed by atoms with van der Waals surface area (Å²) in [6.45, 7) is 5.99. The quantitative estimate of drug-likeness (QED) is 0.818. The molecule has 1 saturated heterocycles. The zero-order chi connectivity index (χ0) is 12.4. The van der Waals surface area contributed by atoms with E-state index in [1.54, 1.807) is 25.1 Å². The lowest BCUT2D eigenvalue weighted by molar-refractivity contribution is 0.263. The summed E-state index contributed by atoms with van der Waals surface area (Å²) in [5, 5.41) is 8.81. The standard InChI is InChI=1S/C11H23NO3S/c1-11(2,3)16(14,15)12-8-4-6-10(12)7-5-9-13/h10,13H,4-9H2,1-3H3. The molecule has 0 aromatic heterocycles. The third-order valence-electron chi connectivity index (χ3n) is 3.10. The molecule has 1 aliphatic rings. The van der Waals surface area contributed by atoms with Gasteiger partial charge in [-0.2, -0.15) is 4.31 Å². The normalized spacial score (nSPS) is 23.9. The Morgan fingerprint density at radius 2 is 2.00 bits per heavy atom. The summed E-state index contributed by atoms with van der Waals surface area (Å²) in [6.07, 6.45) is 3.31. The second-order valence-corrected chi connectivity index (χ2v) is 8.03. The first-order valence-corrected chi connectivity index (χ1v) is 7.37. The molecular weight excluding hydrogens is 226 g/mol. The highest BCUT2D eigenvalue weighted by molar-refractivity contribution is 7.90. The summed E-state index contributed by atoms with van der Waals surface area (Å²) < 4.78 is 25.5. The van der Waals surface area contributed by atoms with Crippen LogP contribution in [0, 0.1) is 0 Å². The van der Waals surface area contributed by atoms with E-state index in [0.717, 1.165) is 19.3 Å². The van der Waals surface area contributed by atoms with Crippen LogP contribution < -0.4 is 0 Å². The molecule has 0 aromatic carbocycles. The van der Waals surface area contributed by atoms with Gasteiger partial charge in [0.15, 0.2) is 0 Å². The molecule has 4 nitrogen and oxygen atoms in total. The van der Waals surface area contributed by atoms with Crippen molar-refractivity contribution >= 4 is 10.0 Å². The first-order valence-electron chi connectivity index (χ1n) is 5.93. The fraction of sp³-hybridized carbons (Fsp3) is 1.00. The third kappa shape index (κ3) is 2.76. The van der Waals surface area contributed by atoms with Gasteiger partial charge in [-0.15, -0.1) is 0 Å². The highest BCUT2D eigenvalue weighted by atomic mass is 32.2. The van der Waals surface area contributed by atoms with Crippen LogP contribution in [0.1, 0.15) is 46.5 Å². The molecule has 1 aliphatic heterocycles. The average Bonchev–Trinajstić information content (AvgIpc) is 2.61. The second-order valence-electron chi connectivity index (χ2n) is 5.39. The minimum absolute atomic E-state index is 0.0939. The largest absolute Gasteiger partial charge is 0.396 e. The smallest absolute Gasteiger partial charge is 0.219 e. The van der Waals surface area contributed by atoms with Crippen molar-refractivity contribution in [2.24, 2.45) is 0 Å². The number of aliphatic hydroxyl groups is 1. The lowest BCUT2D eigenvalue weighted by Crippen LogP contribution is -2.45.